The molecule has 0 aliphatic rings. The number of hydrogen-bond donors (Lipinski definition) is 0. The van der Waals surface area contributed by atoms with Crippen molar-refractivity contribution in [3.63, 3.8) is 0 Å². The Morgan fingerprint density at radius 1 is 1.14 bits per heavy atom. The van der Waals surface area contributed by atoms with Crippen molar-refractivity contribution in [1.82, 2.24) is 24.4 Å². The third kappa shape index (κ3) is 4.80. The summed E-state index contributed by atoms with van der Waals surface area (Å²) in [5, 5.41) is 23.0. The summed E-state index contributed by atoms with van der Waals surface area (Å²) >= 11 is 0. The summed E-state index contributed by atoms with van der Waals surface area (Å²) < 4.78 is 17.0. The Kier molecular flexibility index (Phi) is 6.18. The molecule has 3 heterocycles. The van der Waals surface area contributed by atoms with Crippen molar-refractivity contribution in [3.05, 3.63) is 112 Å². The lowest BCUT2D eigenvalue weighted by Gasteiger charge is -2.01. The van der Waals surface area contributed by atoms with Gasteiger partial charge in [0, 0.05) is 23.9 Å². The summed E-state index contributed by atoms with van der Waals surface area (Å²) in [7, 11) is 0. The van der Waals surface area contributed by atoms with Crippen LogP contribution in [0.25, 0.3) is 16.9 Å². The van der Waals surface area contributed by atoms with Crippen LogP contribution in [0.3, 0.4) is 0 Å². The van der Waals surface area contributed by atoms with Gasteiger partial charge in [-0.2, -0.15) is 0 Å². The molecule has 0 atom stereocenters. The van der Waals surface area contributed by atoms with Crippen LogP contribution in [-0.2, 0) is 18.0 Å². The normalized spacial score (nSPS) is 11.4. The van der Waals surface area contributed by atoms with Crippen LogP contribution in [-0.4, -0.2) is 35.5 Å². The summed E-state index contributed by atoms with van der Waals surface area (Å²) in [6.07, 6.45) is 5.17. The number of rotatable bonds is 8. The molecule has 0 radical (unpaired) electrons. The average Bonchev–Trinajstić information content (AvgIpc) is 3.48. The van der Waals surface area contributed by atoms with Crippen LogP contribution >= 0.6 is 0 Å². The molecule has 0 N–H and O–H groups in total. The molecule has 0 unspecified atom stereocenters. The topological polar surface area (TPSA) is 113 Å². The molecule has 180 valence electrons. The first-order chi connectivity index (χ1) is 17.5. The Bertz CT molecular complexity index is 1560. The largest absolute Gasteiger partial charge is 0.389 e. The van der Waals surface area contributed by atoms with Gasteiger partial charge in [0.25, 0.3) is 5.69 Å². The first kappa shape index (κ1) is 22.8. The van der Waals surface area contributed by atoms with Gasteiger partial charge in [-0.3, -0.25) is 14.5 Å². The van der Waals surface area contributed by atoms with Crippen molar-refractivity contribution >= 4 is 17.5 Å². The number of pyridine rings is 1. The van der Waals surface area contributed by atoms with Gasteiger partial charge >= 0.3 is 0 Å². The number of halogens is 1. The molecule has 2 aromatic carbocycles. The Balaban J connectivity index is 1.29. The molecule has 5 aromatic rings. The van der Waals surface area contributed by atoms with E-state index in [1.807, 2.05) is 29.7 Å². The number of nitrogens with zero attached hydrogens (tertiary/aromatic N) is 7. The van der Waals surface area contributed by atoms with Gasteiger partial charge in [-0.05, 0) is 48.4 Å². The predicted octanol–water partition coefficient (Wildman–Crippen LogP) is 4.55. The molecule has 36 heavy (non-hydrogen) atoms. The zero-order valence-corrected chi connectivity index (χ0v) is 19.2. The molecule has 0 bridgehead atoms. The lowest BCUT2D eigenvalue weighted by molar-refractivity contribution is -0.384. The van der Waals surface area contributed by atoms with Gasteiger partial charge in [0.05, 0.1) is 35.3 Å². The van der Waals surface area contributed by atoms with Gasteiger partial charge in [-0.1, -0.05) is 28.6 Å². The van der Waals surface area contributed by atoms with Crippen LogP contribution in [0, 0.1) is 22.9 Å². The van der Waals surface area contributed by atoms with E-state index in [-0.39, 0.29) is 18.1 Å². The van der Waals surface area contributed by atoms with Crippen LogP contribution in [0.4, 0.5) is 10.1 Å². The van der Waals surface area contributed by atoms with Gasteiger partial charge in [0.2, 0.25) is 0 Å². The van der Waals surface area contributed by atoms with E-state index in [1.54, 1.807) is 41.4 Å². The zero-order chi connectivity index (χ0) is 25.1. The number of benzene rings is 2. The van der Waals surface area contributed by atoms with E-state index in [4.69, 9.17) is 9.82 Å². The summed E-state index contributed by atoms with van der Waals surface area (Å²) in [5.74, 6) is -0.320. The summed E-state index contributed by atoms with van der Waals surface area (Å²) in [6.45, 7) is 2.48. The Hall–Kier alpha value is -4.93. The molecular weight excluding hydrogens is 465 g/mol. The van der Waals surface area contributed by atoms with E-state index in [0.29, 0.717) is 23.6 Å². The second-order valence-corrected chi connectivity index (χ2v) is 8.08. The van der Waals surface area contributed by atoms with E-state index in [2.05, 4.69) is 15.5 Å². The van der Waals surface area contributed by atoms with Gasteiger partial charge in [0.15, 0.2) is 6.61 Å². The zero-order valence-electron chi connectivity index (χ0n) is 19.2. The fraction of sp³-hybridized carbons (Fsp3) is 0.120. The fourth-order valence-corrected chi connectivity index (χ4v) is 3.75. The minimum absolute atomic E-state index is 0.0352. The second kappa shape index (κ2) is 9.74. The maximum absolute atomic E-state index is 13.4. The van der Waals surface area contributed by atoms with Gasteiger partial charge < -0.3 is 4.84 Å². The van der Waals surface area contributed by atoms with Gasteiger partial charge in [-0.15, -0.1) is 5.10 Å². The third-order valence-electron chi connectivity index (χ3n) is 5.54. The van der Waals surface area contributed by atoms with Crippen molar-refractivity contribution < 1.29 is 14.2 Å². The molecule has 0 spiro atoms. The molecule has 10 nitrogen and oxygen atoms in total. The third-order valence-corrected chi connectivity index (χ3v) is 5.54. The number of nitro benzene ring substituents is 1. The molecule has 0 amide bonds. The van der Waals surface area contributed by atoms with E-state index >= 15 is 0 Å². The van der Waals surface area contributed by atoms with Crippen molar-refractivity contribution in [2.24, 2.45) is 5.16 Å². The van der Waals surface area contributed by atoms with Crippen molar-refractivity contribution in [2.45, 2.75) is 20.1 Å². The van der Waals surface area contributed by atoms with Crippen LogP contribution in [0.2, 0.25) is 0 Å². The first-order valence-corrected chi connectivity index (χ1v) is 11.0. The molecule has 0 saturated heterocycles. The highest BCUT2D eigenvalue weighted by molar-refractivity contribution is 5.89. The Morgan fingerprint density at radius 2 is 1.92 bits per heavy atom. The molecule has 0 fully saturated rings. The highest BCUT2D eigenvalue weighted by Crippen LogP contribution is 2.25. The maximum atomic E-state index is 13.4. The number of fused-ring (bicyclic) bond motifs is 1. The monoisotopic (exact) mass is 485 g/mol. The van der Waals surface area contributed by atoms with Crippen LogP contribution in [0.1, 0.15) is 22.5 Å². The fourth-order valence-electron chi connectivity index (χ4n) is 3.75. The molecule has 0 aliphatic heterocycles. The minimum atomic E-state index is -0.439. The van der Waals surface area contributed by atoms with E-state index < -0.39 is 4.92 Å². The predicted molar refractivity (Wildman–Crippen MR) is 130 cm³/mol. The number of oxime groups is 1. The molecular formula is C25H20FN7O3. The Labute approximate surface area is 204 Å². The van der Waals surface area contributed by atoms with Crippen molar-refractivity contribution in [1.29, 1.82) is 0 Å². The number of imidazole rings is 1. The summed E-state index contributed by atoms with van der Waals surface area (Å²) in [5.41, 5.74) is 5.34. The highest BCUT2D eigenvalue weighted by atomic mass is 19.1. The quantitative estimate of drug-likeness (QED) is 0.181. The second-order valence-electron chi connectivity index (χ2n) is 8.08. The molecule has 0 saturated carbocycles. The van der Waals surface area contributed by atoms with Crippen molar-refractivity contribution in [2.75, 3.05) is 0 Å². The lowest BCUT2D eigenvalue weighted by atomic mass is 10.1. The molecule has 11 heteroatoms. The number of non-ortho nitro benzene ring substituents is 1. The summed E-state index contributed by atoms with van der Waals surface area (Å²) in [6, 6.07) is 16.3. The lowest BCUT2D eigenvalue weighted by Crippen LogP contribution is -2.00. The smallest absolute Gasteiger partial charge is 0.269 e. The number of aryl methyl sites for hydroxylation is 1. The number of nitro groups is 1. The highest BCUT2D eigenvalue weighted by Gasteiger charge is 2.14. The van der Waals surface area contributed by atoms with E-state index in [1.165, 1.54) is 24.3 Å². The van der Waals surface area contributed by atoms with Gasteiger partial charge in [-0.25, -0.2) is 14.1 Å². The SMILES string of the molecule is Cc1cccn2c(/C=N/OCc3cn(Cc4ccc([N+](=O)[O-])cc4)nn3)c(-c3ccc(F)cc3)nc12. The number of aromatic nitrogens is 5. The first-order valence-electron chi connectivity index (χ1n) is 11.0. The van der Waals surface area contributed by atoms with Crippen LogP contribution in [0.15, 0.2) is 78.2 Å². The van der Waals surface area contributed by atoms with Crippen molar-refractivity contribution in [3.8, 4) is 11.3 Å². The molecule has 0 aliphatic carbocycles. The number of hydrogen-bond acceptors (Lipinski definition) is 7. The van der Waals surface area contributed by atoms with E-state index in [0.717, 1.165) is 22.3 Å². The summed E-state index contributed by atoms with van der Waals surface area (Å²) in [4.78, 5) is 20.6. The minimum Gasteiger partial charge on any atom is -0.389 e. The van der Waals surface area contributed by atoms with Gasteiger partial charge in [0.1, 0.15) is 17.2 Å². The van der Waals surface area contributed by atoms with Crippen LogP contribution in [0.5, 0.6) is 0 Å². The molecule has 5 rings (SSSR count). The van der Waals surface area contributed by atoms with E-state index in [9.17, 15) is 14.5 Å². The molecule has 3 aromatic heterocycles. The Morgan fingerprint density at radius 3 is 2.67 bits per heavy atom. The van der Waals surface area contributed by atoms with Crippen LogP contribution < -0.4 is 0 Å². The maximum Gasteiger partial charge on any atom is 0.269 e. The standard InChI is InChI=1S/C25H20FN7O3/c1-17-3-2-12-32-23(24(28-25(17)32)19-6-8-20(26)9-7-19)13-27-36-16-21-15-31(30-29-21)14-18-4-10-22(11-5-18)33(34)35/h2-13,15H,14,16H2,1H3/b27-13+. The average molecular weight is 485 g/mol.